The molecule has 1 unspecified atom stereocenters. The van der Waals surface area contributed by atoms with Crippen LogP contribution in [0.25, 0.3) is 5.69 Å². The van der Waals surface area contributed by atoms with Crippen LogP contribution in [0.1, 0.15) is 37.4 Å². The molecule has 1 fully saturated rings. The number of aliphatic hydroxyl groups excluding tert-OH is 1. The first-order valence-electron chi connectivity index (χ1n) is 10.5. The monoisotopic (exact) mass is 425 g/mol. The van der Waals surface area contributed by atoms with Crippen molar-refractivity contribution >= 4 is 11.6 Å². The van der Waals surface area contributed by atoms with Gasteiger partial charge < -0.3 is 9.84 Å². The van der Waals surface area contributed by atoms with E-state index in [9.17, 15) is 5.11 Å². The fourth-order valence-corrected chi connectivity index (χ4v) is 3.78. The zero-order chi connectivity index (χ0) is 21.1. The third kappa shape index (κ3) is 4.86. The average Bonchev–Trinajstić information content (AvgIpc) is 3.55. The minimum atomic E-state index is -0.327. The van der Waals surface area contributed by atoms with Gasteiger partial charge in [-0.3, -0.25) is 4.90 Å². The summed E-state index contributed by atoms with van der Waals surface area (Å²) in [4.78, 5) is 2.36. The Labute approximate surface area is 182 Å². The third-order valence-corrected chi connectivity index (χ3v) is 5.72. The van der Waals surface area contributed by atoms with Gasteiger partial charge >= 0.3 is 0 Å². The van der Waals surface area contributed by atoms with Crippen LogP contribution in [0, 0.1) is 6.92 Å². The van der Waals surface area contributed by atoms with Gasteiger partial charge in [-0.05, 0) is 56.5 Å². The summed E-state index contributed by atoms with van der Waals surface area (Å²) >= 11 is 6.24. The number of benzene rings is 2. The molecule has 0 bridgehead atoms. The van der Waals surface area contributed by atoms with E-state index in [1.165, 1.54) is 12.8 Å². The Kier molecular flexibility index (Phi) is 6.42. The van der Waals surface area contributed by atoms with Crippen LogP contribution in [0.4, 0.5) is 0 Å². The van der Waals surface area contributed by atoms with Gasteiger partial charge in [0.05, 0.1) is 23.0 Å². The van der Waals surface area contributed by atoms with E-state index in [0.29, 0.717) is 30.0 Å². The lowest BCUT2D eigenvalue weighted by atomic mass is 10.2. The topological polar surface area (TPSA) is 50.5 Å². The fourth-order valence-electron chi connectivity index (χ4n) is 3.59. The Morgan fingerprint density at radius 2 is 1.97 bits per heavy atom. The van der Waals surface area contributed by atoms with E-state index in [2.05, 4.69) is 4.90 Å². The molecule has 4 rings (SSSR count). The number of ether oxygens (including phenoxy) is 1. The van der Waals surface area contributed by atoms with Crippen molar-refractivity contribution in [3.63, 3.8) is 0 Å². The minimum absolute atomic E-state index is 0.327. The van der Waals surface area contributed by atoms with Crippen LogP contribution >= 0.6 is 11.6 Å². The molecule has 1 N–H and O–H groups in total. The standard InChI is InChI=1S/C24H28ClN3O2/c1-3-21(29)15-27(19-12-13-19)16-23-17(2)26-28(20-9-7-8-18(25)14-20)24(23)30-22-10-5-4-6-11-22/h4-11,14,19,21,29H,3,12-13,15-16H2,1-2H3. The molecular weight excluding hydrogens is 398 g/mol. The molecule has 0 saturated heterocycles. The Hall–Kier alpha value is -2.34. The van der Waals surface area contributed by atoms with Crippen molar-refractivity contribution in [2.24, 2.45) is 0 Å². The van der Waals surface area contributed by atoms with E-state index in [4.69, 9.17) is 21.4 Å². The molecule has 1 aliphatic rings. The van der Waals surface area contributed by atoms with Crippen LogP contribution in [0.5, 0.6) is 11.6 Å². The molecule has 5 nitrogen and oxygen atoms in total. The van der Waals surface area contributed by atoms with Gasteiger partial charge in [-0.15, -0.1) is 0 Å². The quantitative estimate of drug-likeness (QED) is 0.501. The molecule has 0 radical (unpaired) electrons. The molecule has 0 amide bonds. The predicted octanol–water partition coefficient (Wildman–Crippen LogP) is 5.36. The van der Waals surface area contributed by atoms with Gasteiger partial charge in [0.25, 0.3) is 0 Å². The predicted molar refractivity (Wildman–Crippen MR) is 120 cm³/mol. The number of aryl methyl sites for hydroxylation is 1. The van der Waals surface area contributed by atoms with Crippen molar-refractivity contribution in [1.82, 2.24) is 14.7 Å². The normalized spacial score (nSPS) is 14.8. The second kappa shape index (κ2) is 9.21. The molecule has 0 aliphatic heterocycles. The van der Waals surface area contributed by atoms with Crippen molar-refractivity contribution in [3.05, 3.63) is 70.9 Å². The van der Waals surface area contributed by atoms with Crippen LogP contribution in [-0.4, -0.2) is 38.5 Å². The highest BCUT2D eigenvalue weighted by Gasteiger charge is 2.32. The van der Waals surface area contributed by atoms with Gasteiger partial charge in [0.2, 0.25) is 5.88 Å². The summed E-state index contributed by atoms with van der Waals surface area (Å²) in [6, 6.07) is 17.9. The summed E-state index contributed by atoms with van der Waals surface area (Å²) in [6.45, 7) is 5.38. The first kappa shape index (κ1) is 20.9. The number of hydrogen-bond acceptors (Lipinski definition) is 4. The molecule has 1 heterocycles. The lowest BCUT2D eigenvalue weighted by Gasteiger charge is -2.25. The zero-order valence-electron chi connectivity index (χ0n) is 17.5. The van der Waals surface area contributed by atoms with Gasteiger partial charge in [0.1, 0.15) is 5.75 Å². The van der Waals surface area contributed by atoms with Crippen molar-refractivity contribution < 1.29 is 9.84 Å². The van der Waals surface area contributed by atoms with Gasteiger partial charge in [-0.1, -0.05) is 42.8 Å². The summed E-state index contributed by atoms with van der Waals surface area (Å²) in [7, 11) is 0. The van der Waals surface area contributed by atoms with Crippen molar-refractivity contribution in [1.29, 1.82) is 0 Å². The Morgan fingerprint density at radius 3 is 2.63 bits per heavy atom. The second-order valence-corrected chi connectivity index (χ2v) is 8.34. The van der Waals surface area contributed by atoms with Gasteiger partial charge in [-0.2, -0.15) is 5.10 Å². The number of halogens is 1. The number of aliphatic hydroxyl groups is 1. The molecule has 1 aromatic heterocycles. The molecule has 6 heteroatoms. The molecular formula is C24H28ClN3O2. The first-order valence-corrected chi connectivity index (χ1v) is 10.9. The molecule has 0 spiro atoms. The number of nitrogens with zero attached hydrogens (tertiary/aromatic N) is 3. The van der Waals surface area contributed by atoms with E-state index >= 15 is 0 Å². The lowest BCUT2D eigenvalue weighted by Crippen LogP contribution is -2.33. The first-order chi connectivity index (χ1) is 14.5. The van der Waals surface area contributed by atoms with Gasteiger partial charge in [0.15, 0.2) is 0 Å². The molecule has 1 aliphatic carbocycles. The molecule has 30 heavy (non-hydrogen) atoms. The highest BCUT2D eigenvalue weighted by atomic mass is 35.5. The number of para-hydroxylation sites is 1. The maximum absolute atomic E-state index is 10.3. The maximum Gasteiger partial charge on any atom is 0.227 e. The molecule has 1 saturated carbocycles. The third-order valence-electron chi connectivity index (χ3n) is 5.49. The SMILES string of the molecule is CCC(O)CN(Cc1c(C)nn(-c2cccc(Cl)c2)c1Oc1ccccc1)C1CC1. The van der Waals surface area contributed by atoms with E-state index in [1.54, 1.807) is 0 Å². The highest BCUT2D eigenvalue weighted by molar-refractivity contribution is 6.30. The van der Waals surface area contributed by atoms with E-state index in [-0.39, 0.29) is 6.10 Å². The number of rotatable bonds is 9. The largest absolute Gasteiger partial charge is 0.439 e. The summed E-state index contributed by atoms with van der Waals surface area (Å²) in [5.74, 6) is 1.45. The van der Waals surface area contributed by atoms with Gasteiger partial charge in [0, 0.05) is 24.2 Å². The van der Waals surface area contributed by atoms with E-state index in [1.807, 2.05) is 73.1 Å². The number of aromatic nitrogens is 2. The maximum atomic E-state index is 10.3. The summed E-state index contributed by atoms with van der Waals surface area (Å²) in [6.07, 6.45) is 2.77. The van der Waals surface area contributed by atoms with Crippen LogP contribution in [-0.2, 0) is 6.54 Å². The van der Waals surface area contributed by atoms with Crippen LogP contribution in [0.15, 0.2) is 54.6 Å². The summed E-state index contributed by atoms with van der Waals surface area (Å²) in [5, 5.41) is 15.7. The van der Waals surface area contributed by atoms with E-state index < -0.39 is 0 Å². The van der Waals surface area contributed by atoms with Crippen LogP contribution < -0.4 is 4.74 Å². The molecule has 3 aromatic rings. The summed E-state index contributed by atoms with van der Waals surface area (Å²) in [5.41, 5.74) is 2.81. The average molecular weight is 426 g/mol. The molecule has 1 atom stereocenters. The highest BCUT2D eigenvalue weighted by Crippen LogP contribution is 2.35. The Morgan fingerprint density at radius 1 is 1.20 bits per heavy atom. The van der Waals surface area contributed by atoms with Gasteiger partial charge in [-0.25, -0.2) is 4.68 Å². The van der Waals surface area contributed by atoms with Crippen LogP contribution in [0.2, 0.25) is 5.02 Å². The van der Waals surface area contributed by atoms with E-state index in [0.717, 1.165) is 29.1 Å². The van der Waals surface area contributed by atoms with Crippen molar-refractivity contribution in [2.45, 2.75) is 51.8 Å². The van der Waals surface area contributed by atoms with Crippen molar-refractivity contribution in [2.75, 3.05) is 6.54 Å². The van der Waals surface area contributed by atoms with Crippen molar-refractivity contribution in [3.8, 4) is 17.3 Å². The summed E-state index contributed by atoms with van der Waals surface area (Å²) < 4.78 is 8.18. The molecule has 158 valence electrons. The molecule has 2 aromatic carbocycles. The Balaban J connectivity index is 1.73. The Bertz CT molecular complexity index is 985. The van der Waals surface area contributed by atoms with Crippen LogP contribution in [0.3, 0.4) is 0 Å². The second-order valence-electron chi connectivity index (χ2n) is 7.90. The smallest absolute Gasteiger partial charge is 0.227 e. The fraction of sp³-hybridized carbons (Fsp3) is 0.375. The number of hydrogen-bond donors (Lipinski definition) is 1. The minimum Gasteiger partial charge on any atom is -0.439 e. The zero-order valence-corrected chi connectivity index (χ0v) is 18.2. The lowest BCUT2D eigenvalue weighted by molar-refractivity contribution is 0.100.